The Kier molecular flexibility index (Phi) is 4.24. The molecule has 24 heavy (non-hydrogen) atoms. The van der Waals surface area contributed by atoms with Crippen LogP contribution in [0.15, 0.2) is 24.3 Å². The number of benzene rings is 1. The number of amides is 1. The van der Waals surface area contributed by atoms with Gasteiger partial charge in [0.2, 0.25) is 5.91 Å². The number of aromatic nitrogens is 2. The molecule has 3 heterocycles. The van der Waals surface area contributed by atoms with Gasteiger partial charge in [0.25, 0.3) is 0 Å². The third kappa shape index (κ3) is 2.91. The highest BCUT2D eigenvalue weighted by Crippen LogP contribution is 2.17. The Labute approximate surface area is 142 Å². The number of rotatable bonds is 4. The highest BCUT2D eigenvalue weighted by molar-refractivity contribution is 5.79. The summed E-state index contributed by atoms with van der Waals surface area (Å²) in [6, 6.07) is 8.49. The van der Waals surface area contributed by atoms with Gasteiger partial charge < -0.3 is 14.2 Å². The van der Waals surface area contributed by atoms with Crippen LogP contribution in [0, 0.1) is 0 Å². The Balaban J connectivity index is 1.36. The minimum atomic E-state index is 0.238. The molecule has 2 fully saturated rings. The van der Waals surface area contributed by atoms with Gasteiger partial charge in [0.05, 0.1) is 30.2 Å². The predicted octanol–water partition coefficient (Wildman–Crippen LogP) is 1.05. The van der Waals surface area contributed by atoms with E-state index in [1.165, 1.54) is 0 Å². The molecule has 0 radical (unpaired) electrons. The second kappa shape index (κ2) is 6.53. The van der Waals surface area contributed by atoms with Crippen molar-refractivity contribution in [2.45, 2.75) is 18.9 Å². The average Bonchev–Trinajstić information content (AvgIpc) is 3.22. The molecule has 4 rings (SSSR count). The predicted molar refractivity (Wildman–Crippen MR) is 91.8 cm³/mol. The first-order valence-electron chi connectivity index (χ1n) is 8.72. The molecule has 2 saturated heterocycles. The summed E-state index contributed by atoms with van der Waals surface area (Å²) in [6.45, 7) is 4.62. The van der Waals surface area contributed by atoms with E-state index in [1.54, 1.807) is 0 Å². The summed E-state index contributed by atoms with van der Waals surface area (Å²) < 4.78 is 7.57. The smallest absolute Gasteiger partial charge is 0.237 e. The maximum Gasteiger partial charge on any atom is 0.237 e. The van der Waals surface area contributed by atoms with Crippen molar-refractivity contribution in [3.63, 3.8) is 0 Å². The third-order valence-electron chi connectivity index (χ3n) is 5.21. The third-order valence-corrected chi connectivity index (χ3v) is 5.21. The monoisotopic (exact) mass is 328 g/mol. The van der Waals surface area contributed by atoms with Gasteiger partial charge in [0, 0.05) is 39.7 Å². The zero-order valence-corrected chi connectivity index (χ0v) is 14.1. The van der Waals surface area contributed by atoms with Gasteiger partial charge in [-0.25, -0.2) is 4.98 Å². The summed E-state index contributed by atoms with van der Waals surface area (Å²) in [5.74, 6) is 1.32. The van der Waals surface area contributed by atoms with E-state index in [0.717, 1.165) is 55.9 Å². The molecular formula is C18H24N4O2. The Hall–Kier alpha value is -1.92. The first kappa shape index (κ1) is 15.6. The van der Waals surface area contributed by atoms with Gasteiger partial charge in [0.15, 0.2) is 0 Å². The fraction of sp³-hybridized carbons (Fsp3) is 0.556. The molecule has 6 heteroatoms. The maximum absolute atomic E-state index is 12.4. The molecule has 1 aromatic carbocycles. The number of hydrogen-bond donors (Lipinski definition) is 0. The highest BCUT2D eigenvalue weighted by atomic mass is 16.5. The number of carbonyl (C=O) groups is 1. The van der Waals surface area contributed by atoms with E-state index < -0.39 is 0 Å². The van der Waals surface area contributed by atoms with Crippen molar-refractivity contribution >= 4 is 16.9 Å². The van der Waals surface area contributed by atoms with Crippen LogP contribution in [0.1, 0.15) is 12.2 Å². The van der Waals surface area contributed by atoms with Crippen LogP contribution in [0.4, 0.5) is 0 Å². The molecule has 0 N–H and O–H groups in total. The SMILES string of the molecule is Cn1c(CCN2CCN(C3CCOC3)C(=O)C2)nc2ccccc21. The van der Waals surface area contributed by atoms with E-state index in [-0.39, 0.29) is 5.91 Å². The van der Waals surface area contributed by atoms with Gasteiger partial charge in [-0.1, -0.05) is 12.1 Å². The molecule has 2 aliphatic rings. The minimum Gasteiger partial charge on any atom is -0.379 e. The Bertz CT molecular complexity index is 736. The van der Waals surface area contributed by atoms with Crippen molar-refractivity contribution in [3.8, 4) is 0 Å². The second-order valence-corrected chi connectivity index (χ2v) is 6.71. The van der Waals surface area contributed by atoms with Crippen molar-refractivity contribution in [2.24, 2.45) is 7.05 Å². The Morgan fingerprint density at radius 3 is 2.92 bits per heavy atom. The number of ether oxygens (including phenoxy) is 1. The van der Waals surface area contributed by atoms with Crippen molar-refractivity contribution in [3.05, 3.63) is 30.1 Å². The zero-order valence-electron chi connectivity index (χ0n) is 14.1. The van der Waals surface area contributed by atoms with Crippen LogP contribution >= 0.6 is 0 Å². The molecule has 0 aliphatic carbocycles. The van der Waals surface area contributed by atoms with Gasteiger partial charge in [-0.05, 0) is 18.6 Å². The molecule has 6 nitrogen and oxygen atoms in total. The van der Waals surface area contributed by atoms with E-state index >= 15 is 0 Å². The zero-order chi connectivity index (χ0) is 16.5. The van der Waals surface area contributed by atoms with E-state index in [4.69, 9.17) is 9.72 Å². The number of para-hydroxylation sites is 2. The Morgan fingerprint density at radius 2 is 2.17 bits per heavy atom. The van der Waals surface area contributed by atoms with E-state index in [1.807, 2.05) is 23.1 Å². The van der Waals surface area contributed by atoms with E-state index in [2.05, 4.69) is 22.6 Å². The molecule has 1 aromatic heterocycles. The molecule has 0 bridgehead atoms. The fourth-order valence-corrected chi connectivity index (χ4v) is 3.76. The number of piperazine rings is 1. The molecule has 2 aliphatic heterocycles. The standard InChI is InChI=1S/C18H24N4O2/c1-20-16-5-3-2-4-15(16)19-17(20)6-8-21-9-10-22(18(23)12-21)14-7-11-24-13-14/h2-5,14H,6-13H2,1H3. The molecule has 0 saturated carbocycles. The normalized spacial score (nSPS) is 22.6. The van der Waals surface area contributed by atoms with Crippen LogP contribution in [-0.4, -0.2) is 70.7 Å². The number of hydrogen-bond acceptors (Lipinski definition) is 4. The van der Waals surface area contributed by atoms with Crippen LogP contribution in [-0.2, 0) is 23.0 Å². The van der Waals surface area contributed by atoms with Crippen molar-refractivity contribution in [1.82, 2.24) is 19.4 Å². The number of fused-ring (bicyclic) bond motifs is 1. The topological polar surface area (TPSA) is 50.6 Å². The molecule has 1 atom stereocenters. The summed E-state index contributed by atoms with van der Waals surface area (Å²) in [7, 11) is 2.06. The minimum absolute atomic E-state index is 0.238. The summed E-state index contributed by atoms with van der Waals surface area (Å²) in [6.07, 6.45) is 1.84. The molecule has 128 valence electrons. The first-order valence-corrected chi connectivity index (χ1v) is 8.72. The molecule has 2 aromatic rings. The van der Waals surface area contributed by atoms with Crippen LogP contribution in [0.2, 0.25) is 0 Å². The van der Waals surface area contributed by atoms with Crippen LogP contribution in [0.25, 0.3) is 11.0 Å². The quantitative estimate of drug-likeness (QED) is 0.842. The van der Waals surface area contributed by atoms with Gasteiger partial charge in [-0.3, -0.25) is 9.69 Å². The van der Waals surface area contributed by atoms with Gasteiger partial charge >= 0.3 is 0 Å². The highest BCUT2D eigenvalue weighted by Gasteiger charge is 2.31. The fourth-order valence-electron chi connectivity index (χ4n) is 3.76. The second-order valence-electron chi connectivity index (χ2n) is 6.71. The lowest BCUT2D eigenvalue weighted by atomic mass is 10.2. The van der Waals surface area contributed by atoms with Crippen molar-refractivity contribution in [2.75, 3.05) is 39.4 Å². The average molecular weight is 328 g/mol. The summed E-state index contributed by atoms with van der Waals surface area (Å²) >= 11 is 0. The summed E-state index contributed by atoms with van der Waals surface area (Å²) in [5, 5.41) is 0. The molecular weight excluding hydrogens is 304 g/mol. The molecule has 1 amide bonds. The lowest BCUT2D eigenvalue weighted by Crippen LogP contribution is -2.54. The summed E-state index contributed by atoms with van der Waals surface area (Å²) in [5.41, 5.74) is 2.20. The first-order chi connectivity index (χ1) is 11.7. The van der Waals surface area contributed by atoms with E-state index in [9.17, 15) is 4.79 Å². The van der Waals surface area contributed by atoms with Crippen molar-refractivity contribution < 1.29 is 9.53 Å². The lowest BCUT2D eigenvalue weighted by Gasteiger charge is -2.37. The Morgan fingerprint density at radius 1 is 1.29 bits per heavy atom. The van der Waals surface area contributed by atoms with Crippen LogP contribution in [0.3, 0.4) is 0 Å². The summed E-state index contributed by atoms with van der Waals surface area (Å²) in [4.78, 5) is 21.4. The maximum atomic E-state index is 12.4. The van der Waals surface area contributed by atoms with Gasteiger partial charge in [-0.2, -0.15) is 0 Å². The van der Waals surface area contributed by atoms with Crippen molar-refractivity contribution in [1.29, 1.82) is 0 Å². The number of aryl methyl sites for hydroxylation is 1. The van der Waals surface area contributed by atoms with Gasteiger partial charge in [-0.15, -0.1) is 0 Å². The van der Waals surface area contributed by atoms with Crippen LogP contribution < -0.4 is 0 Å². The van der Waals surface area contributed by atoms with E-state index in [0.29, 0.717) is 19.2 Å². The number of imidazole rings is 1. The van der Waals surface area contributed by atoms with Crippen LogP contribution in [0.5, 0.6) is 0 Å². The number of nitrogens with zero attached hydrogens (tertiary/aromatic N) is 4. The number of carbonyl (C=O) groups excluding carboxylic acids is 1. The largest absolute Gasteiger partial charge is 0.379 e. The lowest BCUT2D eigenvalue weighted by molar-refractivity contribution is -0.138. The van der Waals surface area contributed by atoms with Gasteiger partial charge in [0.1, 0.15) is 5.82 Å². The molecule has 1 unspecified atom stereocenters. The molecule has 0 spiro atoms.